The summed E-state index contributed by atoms with van der Waals surface area (Å²) in [5.74, 6) is 5.14. The Labute approximate surface area is 106 Å². The van der Waals surface area contributed by atoms with Gasteiger partial charge in [-0.25, -0.2) is 4.79 Å². The summed E-state index contributed by atoms with van der Waals surface area (Å²) in [7, 11) is 0. The van der Waals surface area contributed by atoms with E-state index in [9.17, 15) is 4.79 Å². The summed E-state index contributed by atoms with van der Waals surface area (Å²) in [4.78, 5) is 10.6. The monoisotopic (exact) mass is 246 g/mol. The highest BCUT2D eigenvalue weighted by atomic mass is 16.5. The molecule has 1 aromatic rings. The van der Waals surface area contributed by atoms with Crippen molar-refractivity contribution in [3.05, 3.63) is 42.0 Å². The zero-order valence-corrected chi connectivity index (χ0v) is 9.80. The van der Waals surface area contributed by atoms with E-state index in [1.807, 2.05) is 0 Å². The number of ether oxygens (including phenoxy) is 1. The average molecular weight is 246 g/mol. The quantitative estimate of drug-likeness (QED) is 0.776. The number of carbonyl (C=O) groups is 1. The molecule has 94 valence electrons. The Morgan fingerprint density at radius 2 is 2.06 bits per heavy atom. The van der Waals surface area contributed by atoms with Gasteiger partial charge in [0.05, 0.1) is 12.2 Å². The zero-order valence-electron chi connectivity index (χ0n) is 9.80. The van der Waals surface area contributed by atoms with E-state index in [4.69, 9.17) is 14.9 Å². The second-order valence-corrected chi connectivity index (χ2v) is 3.34. The number of carboxylic acid groups (broad SMARTS) is 1. The number of carboxylic acids is 1. The van der Waals surface area contributed by atoms with Crippen molar-refractivity contribution in [1.29, 1.82) is 0 Å². The molecule has 1 aromatic carbocycles. The predicted octanol–water partition coefficient (Wildman–Crippen LogP) is 1.71. The standard InChI is InChI=1S/C14H14O4/c15-10-4-2-1-3-5-11-18-13-8-6-12(7-9-13)14(16)17/h3,5-9,15H,4,10-11H2,(H,16,17)/b5-3+. The smallest absolute Gasteiger partial charge is 0.335 e. The van der Waals surface area contributed by atoms with Crippen LogP contribution in [0.15, 0.2) is 36.4 Å². The molecule has 0 heterocycles. The molecule has 0 bridgehead atoms. The third kappa shape index (κ3) is 5.19. The van der Waals surface area contributed by atoms with Crippen LogP contribution < -0.4 is 4.74 Å². The first-order valence-electron chi connectivity index (χ1n) is 5.44. The molecular weight excluding hydrogens is 232 g/mol. The third-order valence-corrected chi connectivity index (χ3v) is 1.99. The van der Waals surface area contributed by atoms with Crippen LogP contribution in [-0.4, -0.2) is 29.4 Å². The molecular formula is C14H14O4. The Morgan fingerprint density at radius 3 is 2.67 bits per heavy atom. The van der Waals surface area contributed by atoms with Crippen LogP contribution in [0.1, 0.15) is 16.8 Å². The van der Waals surface area contributed by atoms with E-state index in [0.29, 0.717) is 18.8 Å². The van der Waals surface area contributed by atoms with Crippen LogP contribution in [-0.2, 0) is 0 Å². The minimum Gasteiger partial charge on any atom is -0.490 e. The van der Waals surface area contributed by atoms with E-state index < -0.39 is 5.97 Å². The molecule has 4 nitrogen and oxygen atoms in total. The van der Waals surface area contributed by atoms with Gasteiger partial charge in [-0.2, -0.15) is 0 Å². The van der Waals surface area contributed by atoms with Gasteiger partial charge in [-0.05, 0) is 36.4 Å². The highest BCUT2D eigenvalue weighted by Crippen LogP contribution is 2.11. The fraction of sp³-hybridized carbons (Fsp3) is 0.214. The van der Waals surface area contributed by atoms with Crippen LogP contribution in [0.5, 0.6) is 5.75 Å². The van der Waals surface area contributed by atoms with Crippen LogP contribution in [0, 0.1) is 11.8 Å². The Kier molecular flexibility index (Phi) is 6.09. The summed E-state index contributed by atoms with van der Waals surface area (Å²) in [5.41, 5.74) is 0.229. The van der Waals surface area contributed by atoms with Crippen LogP contribution in [0.4, 0.5) is 0 Å². The van der Waals surface area contributed by atoms with Gasteiger partial charge in [0, 0.05) is 6.42 Å². The van der Waals surface area contributed by atoms with Crippen molar-refractivity contribution in [2.45, 2.75) is 6.42 Å². The van der Waals surface area contributed by atoms with Gasteiger partial charge in [0.1, 0.15) is 12.4 Å². The summed E-state index contributed by atoms with van der Waals surface area (Å²) in [6.07, 6.45) is 3.86. The van der Waals surface area contributed by atoms with E-state index in [2.05, 4.69) is 11.8 Å². The van der Waals surface area contributed by atoms with E-state index >= 15 is 0 Å². The molecule has 0 saturated heterocycles. The molecule has 0 aliphatic carbocycles. The van der Waals surface area contributed by atoms with Crippen molar-refractivity contribution in [2.75, 3.05) is 13.2 Å². The zero-order chi connectivity index (χ0) is 13.2. The lowest BCUT2D eigenvalue weighted by Crippen LogP contribution is -1.97. The lowest BCUT2D eigenvalue weighted by molar-refractivity contribution is 0.0697. The fourth-order valence-electron chi connectivity index (χ4n) is 1.13. The van der Waals surface area contributed by atoms with E-state index in [1.54, 1.807) is 24.3 Å². The topological polar surface area (TPSA) is 66.8 Å². The molecule has 0 atom stereocenters. The van der Waals surface area contributed by atoms with Gasteiger partial charge in [-0.15, -0.1) is 0 Å². The highest BCUT2D eigenvalue weighted by Gasteiger charge is 2.01. The van der Waals surface area contributed by atoms with E-state index in [-0.39, 0.29) is 12.2 Å². The first-order chi connectivity index (χ1) is 8.74. The van der Waals surface area contributed by atoms with Gasteiger partial charge >= 0.3 is 5.97 Å². The average Bonchev–Trinajstić information content (AvgIpc) is 2.38. The van der Waals surface area contributed by atoms with Crippen molar-refractivity contribution in [1.82, 2.24) is 0 Å². The molecule has 0 aliphatic rings. The van der Waals surface area contributed by atoms with Gasteiger partial charge in [0.25, 0.3) is 0 Å². The van der Waals surface area contributed by atoms with E-state index in [0.717, 1.165) is 0 Å². The number of hydrogen-bond donors (Lipinski definition) is 2. The molecule has 18 heavy (non-hydrogen) atoms. The third-order valence-electron chi connectivity index (χ3n) is 1.99. The lowest BCUT2D eigenvalue weighted by Gasteiger charge is -2.02. The van der Waals surface area contributed by atoms with Crippen molar-refractivity contribution in [3.8, 4) is 17.6 Å². The summed E-state index contributed by atoms with van der Waals surface area (Å²) in [5, 5.41) is 17.2. The van der Waals surface area contributed by atoms with Crippen molar-refractivity contribution < 1.29 is 19.7 Å². The van der Waals surface area contributed by atoms with Gasteiger partial charge in [-0.1, -0.05) is 11.8 Å². The van der Waals surface area contributed by atoms with Crippen molar-refractivity contribution in [3.63, 3.8) is 0 Å². The Bertz CT molecular complexity index is 463. The molecule has 0 saturated carbocycles. The summed E-state index contributed by atoms with van der Waals surface area (Å²) in [6, 6.07) is 6.19. The molecule has 0 radical (unpaired) electrons. The first-order valence-corrected chi connectivity index (χ1v) is 5.44. The van der Waals surface area contributed by atoms with Gasteiger partial charge in [0.15, 0.2) is 0 Å². The Hall–Kier alpha value is -2.25. The number of rotatable bonds is 5. The maximum absolute atomic E-state index is 10.6. The molecule has 0 unspecified atom stereocenters. The van der Waals surface area contributed by atoms with Crippen LogP contribution in [0.2, 0.25) is 0 Å². The number of benzene rings is 1. The Balaban J connectivity index is 2.36. The van der Waals surface area contributed by atoms with Crippen LogP contribution in [0.25, 0.3) is 0 Å². The Morgan fingerprint density at radius 1 is 1.33 bits per heavy atom. The minimum atomic E-state index is -0.958. The number of aliphatic hydroxyl groups is 1. The number of aromatic carboxylic acids is 1. The fourth-order valence-corrected chi connectivity index (χ4v) is 1.13. The summed E-state index contributed by atoms with van der Waals surface area (Å²) in [6.45, 7) is 0.424. The van der Waals surface area contributed by atoms with Gasteiger partial charge < -0.3 is 14.9 Å². The molecule has 2 N–H and O–H groups in total. The van der Waals surface area contributed by atoms with Gasteiger partial charge in [0.2, 0.25) is 0 Å². The SMILES string of the molecule is O=C(O)c1ccc(OC/C=C/C#CCCO)cc1. The lowest BCUT2D eigenvalue weighted by atomic mass is 10.2. The molecule has 0 spiro atoms. The summed E-state index contributed by atoms with van der Waals surface area (Å²) >= 11 is 0. The molecule has 0 aromatic heterocycles. The molecule has 0 amide bonds. The highest BCUT2D eigenvalue weighted by molar-refractivity contribution is 5.87. The number of allylic oxidation sites excluding steroid dienone is 1. The molecule has 0 aliphatic heterocycles. The second kappa shape index (κ2) is 7.93. The minimum absolute atomic E-state index is 0.0628. The maximum Gasteiger partial charge on any atom is 0.335 e. The maximum atomic E-state index is 10.6. The van der Waals surface area contributed by atoms with Crippen LogP contribution >= 0.6 is 0 Å². The van der Waals surface area contributed by atoms with Crippen molar-refractivity contribution in [2.24, 2.45) is 0 Å². The summed E-state index contributed by atoms with van der Waals surface area (Å²) < 4.78 is 5.35. The van der Waals surface area contributed by atoms with E-state index in [1.165, 1.54) is 12.1 Å². The second-order valence-electron chi connectivity index (χ2n) is 3.34. The molecule has 0 fully saturated rings. The van der Waals surface area contributed by atoms with Gasteiger partial charge in [-0.3, -0.25) is 0 Å². The number of hydrogen-bond acceptors (Lipinski definition) is 3. The largest absolute Gasteiger partial charge is 0.490 e. The normalized spacial score (nSPS) is 9.83. The molecule has 4 heteroatoms. The van der Waals surface area contributed by atoms with Crippen molar-refractivity contribution >= 4 is 5.97 Å². The first kappa shape index (κ1) is 13.8. The number of aliphatic hydroxyl groups excluding tert-OH is 1. The van der Waals surface area contributed by atoms with Crippen LogP contribution in [0.3, 0.4) is 0 Å². The molecule has 1 rings (SSSR count). The predicted molar refractivity (Wildman–Crippen MR) is 67.5 cm³/mol.